The highest BCUT2D eigenvalue weighted by Crippen LogP contribution is 2.23. The summed E-state index contributed by atoms with van der Waals surface area (Å²) in [6.45, 7) is 5.39. The highest BCUT2D eigenvalue weighted by Gasteiger charge is 2.22. The summed E-state index contributed by atoms with van der Waals surface area (Å²) in [5.74, 6) is 0.808. The quantitative estimate of drug-likeness (QED) is 0.797. The van der Waals surface area contributed by atoms with E-state index >= 15 is 0 Å². The van der Waals surface area contributed by atoms with E-state index in [1.54, 1.807) is 24.9 Å². The van der Waals surface area contributed by atoms with E-state index in [1.165, 1.54) is 15.6 Å². The minimum absolute atomic E-state index is 0.393. The van der Waals surface area contributed by atoms with Gasteiger partial charge in [0.25, 0.3) is 10.0 Å². The molecule has 1 rings (SSSR count). The molecular formula is C12H22N2O2S3. The second-order valence-corrected chi connectivity index (χ2v) is 8.80. The van der Waals surface area contributed by atoms with Crippen molar-refractivity contribution in [2.24, 2.45) is 0 Å². The smallest absolute Gasteiger partial charge is 0.252 e. The van der Waals surface area contributed by atoms with E-state index in [0.29, 0.717) is 23.3 Å². The van der Waals surface area contributed by atoms with Crippen molar-refractivity contribution in [3.8, 4) is 0 Å². The maximum absolute atomic E-state index is 12.3. The van der Waals surface area contributed by atoms with Crippen LogP contribution in [0.1, 0.15) is 19.4 Å². The molecule has 19 heavy (non-hydrogen) atoms. The van der Waals surface area contributed by atoms with Gasteiger partial charge >= 0.3 is 0 Å². The molecule has 1 heterocycles. The summed E-state index contributed by atoms with van der Waals surface area (Å²) in [7, 11) is -1.68. The van der Waals surface area contributed by atoms with Crippen LogP contribution >= 0.6 is 23.1 Å². The lowest BCUT2D eigenvalue weighted by atomic mass is 10.3. The van der Waals surface area contributed by atoms with E-state index in [-0.39, 0.29) is 0 Å². The third-order valence-electron chi connectivity index (χ3n) is 2.62. The number of hydrogen-bond donors (Lipinski definition) is 1. The fourth-order valence-corrected chi connectivity index (χ4v) is 4.56. The van der Waals surface area contributed by atoms with E-state index in [9.17, 15) is 8.42 Å². The van der Waals surface area contributed by atoms with Gasteiger partial charge in [0.2, 0.25) is 0 Å². The first-order valence-corrected chi connectivity index (χ1v) is 9.85. The Bertz CT molecular complexity index is 483. The minimum atomic E-state index is -3.32. The van der Waals surface area contributed by atoms with Crippen molar-refractivity contribution in [1.29, 1.82) is 0 Å². The number of hydrogen-bond acceptors (Lipinski definition) is 5. The molecule has 0 bridgehead atoms. The summed E-state index contributed by atoms with van der Waals surface area (Å²) in [6, 6.07) is 2.16. The fraction of sp³-hybridized carbons (Fsp3) is 0.667. The van der Waals surface area contributed by atoms with Crippen molar-refractivity contribution in [2.75, 3.05) is 25.6 Å². The van der Waals surface area contributed by atoms with Crippen molar-refractivity contribution in [3.05, 3.63) is 17.0 Å². The zero-order chi connectivity index (χ0) is 14.5. The van der Waals surface area contributed by atoms with Gasteiger partial charge in [-0.2, -0.15) is 16.1 Å². The second-order valence-electron chi connectivity index (χ2n) is 4.63. The molecule has 0 fully saturated rings. The fourth-order valence-electron chi connectivity index (χ4n) is 1.40. The first-order valence-electron chi connectivity index (χ1n) is 6.14. The molecule has 1 aromatic rings. The van der Waals surface area contributed by atoms with Crippen LogP contribution in [-0.2, 0) is 16.6 Å². The molecule has 0 amide bonds. The average Bonchev–Trinajstić information content (AvgIpc) is 2.82. The molecule has 0 unspecified atom stereocenters. The predicted molar refractivity (Wildman–Crippen MR) is 84.5 cm³/mol. The van der Waals surface area contributed by atoms with E-state index < -0.39 is 10.0 Å². The van der Waals surface area contributed by atoms with Crippen LogP contribution in [0.2, 0.25) is 0 Å². The number of rotatable bonds is 8. The zero-order valence-electron chi connectivity index (χ0n) is 11.8. The lowest BCUT2D eigenvalue weighted by Crippen LogP contribution is -2.28. The lowest BCUT2D eigenvalue weighted by Gasteiger charge is -2.14. The average molecular weight is 323 g/mol. The number of nitrogens with zero attached hydrogens (tertiary/aromatic N) is 1. The van der Waals surface area contributed by atoms with Crippen molar-refractivity contribution < 1.29 is 8.42 Å². The van der Waals surface area contributed by atoms with Crippen LogP contribution in [0.5, 0.6) is 0 Å². The van der Waals surface area contributed by atoms with Crippen LogP contribution in [-0.4, -0.2) is 44.4 Å². The summed E-state index contributed by atoms with van der Waals surface area (Å²) in [5.41, 5.74) is 1.02. The zero-order valence-corrected chi connectivity index (χ0v) is 14.3. The molecule has 0 radical (unpaired) electrons. The van der Waals surface area contributed by atoms with Gasteiger partial charge in [-0.1, -0.05) is 13.8 Å². The third-order valence-corrected chi connectivity index (χ3v) is 6.53. The Morgan fingerprint density at radius 1 is 1.47 bits per heavy atom. The largest absolute Gasteiger partial charge is 0.310 e. The maximum atomic E-state index is 12.3. The van der Waals surface area contributed by atoms with Gasteiger partial charge in [-0.05, 0) is 23.3 Å². The Balaban J connectivity index is 2.73. The Kier molecular flexibility index (Phi) is 6.82. The third kappa shape index (κ3) is 5.07. The number of thioether (sulfide) groups is 1. The van der Waals surface area contributed by atoms with Gasteiger partial charge in [0, 0.05) is 31.9 Å². The number of nitrogens with one attached hydrogen (secondary N) is 1. The Morgan fingerprint density at radius 3 is 2.74 bits per heavy atom. The van der Waals surface area contributed by atoms with Crippen molar-refractivity contribution in [1.82, 2.24) is 9.62 Å². The lowest BCUT2D eigenvalue weighted by molar-refractivity contribution is 0.490. The highest BCUT2D eigenvalue weighted by atomic mass is 32.2. The molecule has 110 valence electrons. The first-order chi connectivity index (χ1) is 8.87. The van der Waals surface area contributed by atoms with E-state index in [0.717, 1.165) is 11.3 Å². The van der Waals surface area contributed by atoms with Gasteiger partial charge in [0.05, 0.1) is 0 Å². The SMILES string of the molecule is CSCCN(C)S(=O)(=O)c1cc(CNC(C)C)cs1. The van der Waals surface area contributed by atoms with E-state index in [2.05, 4.69) is 19.2 Å². The molecule has 0 aliphatic heterocycles. The van der Waals surface area contributed by atoms with Crippen LogP contribution in [0.3, 0.4) is 0 Å². The van der Waals surface area contributed by atoms with E-state index in [1.807, 2.05) is 11.6 Å². The molecule has 0 atom stereocenters. The molecule has 0 aliphatic carbocycles. The summed E-state index contributed by atoms with van der Waals surface area (Å²) in [6.07, 6.45) is 1.97. The van der Waals surface area contributed by atoms with Gasteiger partial charge in [-0.15, -0.1) is 11.3 Å². The Labute approximate surface area is 124 Å². The van der Waals surface area contributed by atoms with Crippen LogP contribution in [0.15, 0.2) is 15.7 Å². The monoisotopic (exact) mass is 322 g/mol. The molecule has 0 aliphatic rings. The van der Waals surface area contributed by atoms with Gasteiger partial charge in [0.15, 0.2) is 0 Å². The van der Waals surface area contributed by atoms with Gasteiger partial charge < -0.3 is 5.32 Å². The molecular weight excluding hydrogens is 300 g/mol. The molecule has 0 aromatic carbocycles. The van der Waals surface area contributed by atoms with Crippen LogP contribution in [0, 0.1) is 0 Å². The molecule has 4 nitrogen and oxygen atoms in total. The maximum Gasteiger partial charge on any atom is 0.252 e. The highest BCUT2D eigenvalue weighted by molar-refractivity contribution is 7.98. The minimum Gasteiger partial charge on any atom is -0.310 e. The van der Waals surface area contributed by atoms with Gasteiger partial charge in [-0.3, -0.25) is 0 Å². The van der Waals surface area contributed by atoms with E-state index in [4.69, 9.17) is 0 Å². The normalized spacial score (nSPS) is 12.5. The predicted octanol–water partition coefficient (Wildman–Crippen LogP) is 2.23. The molecule has 0 spiro atoms. The molecule has 0 saturated heterocycles. The van der Waals surface area contributed by atoms with Crippen molar-refractivity contribution >= 4 is 33.1 Å². The first kappa shape index (κ1) is 17.0. The topological polar surface area (TPSA) is 49.4 Å². The summed E-state index contributed by atoms with van der Waals surface area (Å²) in [5, 5.41) is 5.19. The molecule has 1 N–H and O–H groups in total. The second kappa shape index (κ2) is 7.64. The van der Waals surface area contributed by atoms with Crippen molar-refractivity contribution in [3.63, 3.8) is 0 Å². The van der Waals surface area contributed by atoms with Crippen LogP contribution in [0.4, 0.5) is 0 Å². The molecule has 7 heteroatoms. The van der Waals surface area contributed by atoms with Crippen molar-refractivity contribution in [2.45, 2.75) is 30.6 Å². The summed E-state index contributed by atoms with van der Waals surface area (Å²) in [4.78, 5) is 0. The number of sulfonamides is 1. The van der Waals surface area contributed by atoms with Gasteiger partial charge in [0.1, 0.15) is 4.21 Å². The van der Waals surface area contributed by atoms with Crippen LogP contribution in [0.25, 0.3) is 0 Å². The van der Waals surface area contributed by atoms with Gasteiger partial charge in [-0.25, -0.2) is 8.42 Å². The molecule has 0 saturated carbocycles. The number of thiophene rings is 1. The standard InChI is InChI=1S/C12H22N2O2S3/c1-10(2)13-8-11-7-12(18-9-11)19(15,16)14(3)5-6-17-4/h7,9-10,13H,5-6,8H2,1-4H3. The van der Waals surface area contributed by atoms with Crippen LogP contribution < -0.4 is 5.32 Å². The summed E-state index contributed by atoms with van der Waals surface area (Å²) < 4.78 is 26.4. The summed E-state index contributed by atoms with van der Waals surface area (Å²) >= 11 is 2.94. The Hall–Kier alpha value is -0.0800. The Morgan fingerprint density at radius 2 is 2.16 bits per heavy atom. The molecule has 1 aromatic heterocycles.